The van der Waals surface area contributed by atoms with E-state index < -0.39 is 0 Å². The molecule has 0 saturated carbocycles. The van der Waals surface area contributed by atoms with E-state index in [1.165, 1.54) is 0 Å². The summed E-state index contributed by atoms with van der Waals surface area (Å²) < 4.78 is 12.7. The van der Waals surface area contributed by atoms with E-state index in [1.54, 1.807) is 6.33 Å². The van der Waals surface area contributed by atoms with E-state index in [2.05, 4.69) is 15.4 Å². The Kier molecular flexibility index (Phi) is 3.20. The quantitative estimate of drug-likeness (QED) is 0.936. The summed E-state index contributed by atoms with van der Waals surface area (Å²) in [6, 6.07) is 4.29. The second kappa shape index (κ2) is 5.20. The first-order valence-electron chi connectivity index (χ1n) is 6.97. The van der Waals surface area contributed by atoms with Crippen LogP contribution in [0.1, 0.15) is 17.8 Å². The molecule has 0 amide bonds. The third kappa shape index (κ3) is 2.45. The van der Waals surface area contributed by atoms with Crippen LogP contribution in [0.3, 0.4) is 0 Å². The van der Waals surface area contributed by atoms with E-state index in [0.717, 1.165) is 43.1 Å². The predicted molar refractivity (Wildman–Crippen MR) is 76.5 cm³/mol. The molecule has 2 aliphatic heterocycles. The molecule has 21 heavy (non-hydrogen) atoms. The lowest BCUT2D eigenvalue weighted by atomic mass is 10.1. The van der Waals surface area contributed by atoms with Crippen molar-refractivity contribution in [2.75, 3.05) is 6.79 Å². The van der Waals surface area contributed by atoms with Gasteiger partial charge in [0.1, 0.15) is 12.2 Å². The van der Waals surface area contributed by atoms with E-state index in [4.69, 9.17) is 21.1 Å². The van der Waals surface area contributed by atoms with Gasteiger partial charge in [-0.1, -0.05) is 11.6 Å². The molecule has 1 aromatic carbocycles. The molecular formula is C14H15ClN4O2. The highest BCUT2D eigenvalue weighted by atomic mass is 35.5. The number of hydrogen-bond acceptors (Lipinski definition) is 5. The van der Waals surface area contributed by atoms with Gasteiger partial charge in [0.2, 0.25) is 6.79 Å². The Labute approximate surface area is 127 Å². The largest absolute Gasteiger partial charge is 0.454 e. The van der Waals surface area contributed by atoms with Gasteiger partial charge in [-0.15, -0.1) is 0 Å². The zero-order valence-corrected chi connectivity index (χ0v) is 12.1. The Morgan fingerprint density at radius 3 is 3.29 bits per heavy atom. The molecule has 2 aromatic rings. The molecule has 1 unspecified atom stereocenters. The number of aryl methyl sites for hydroxylation is 1. The van der Waals surface area contributed by atoms with Crippen LogP contribution in [0.2, 0.25) is 5.02 Å². The highest BCUT2D eigenvalue weighted by Gasteiger charge is 2.21. The molecule has 0 saturated heterocycles. The molecule has 0 fully saturated rings. The number of aromatic nitrogens is 3. The average molecular weight is 307 g/mol. The van der Waals surface area contributed by atoms with Crippen molar-refractivity contribution in [1.29, 1.82) is 0 Å². The minimum atomic E-state index is 0.240. The lowest BCUT2D eigenvalue weighted by Crippen LogP contribution is -2.37. The highest BCUT2D eigenvalue weighted by Crippen LogP contribution is 2.39. The van der Waals surface area contributed by atoms with Crippen molar-refractivity contribution < 1.29 is 9.47 Å². The van der Waals surface area contributed by atoms with Crippen molar-refractivity contribution in [2.24, 2.45) is 0 Å². The predicted octanol–water partition coefficient (Wildman–Crippen LogP) is 1.76. The van der Waals surface area contributed by atoms with E-state index in [-0.39, 0.29) is 6.79 Å². The van der Waals surface area contributed by atoms with Gasteiger partial charge in [-0.25, -0.2) is 9.67 Å². The van der Waals surface area contributed by atoms with Gasteiger partial charge in [0.05, 0.1) is 11.6 Å². The minimum absolute atomic E-state index is 0.240. The van der Waals surface area contributed by atoms with Crippen molar-refractivity contribution >= 4 is 11.6 Å². The molecule has 1 aromatic heterocycles. The standard InChI is InChI=1S/C14H15ClN4O2/c15-11-3-9(4-12-14(11)21-8-20-12)5-16-10-1-2-13-17-7-18-19(13)6-10/h3-4,7,10,16H,1-2,5-6,8H2. The maximum Gasteiger partial charge on any atom is 0.231 e. The van der Waals surface area contributed by atoms with Gasteiger partial charge in [-0.2, -0.15) is 5.10 Å². The van der Waals surface area contributed by atoms with Gasteiger partial charge >= 0.3 is 0 Å². The molecule has 0 bridgehead atoms. The summed E-state index contributed by atoms with van der Waals surface area (Å²) in [5, 5.41) is 8.38. The molecule has 2 aliphatic rings. The van der Waals surface area contributed by atoms with Gasteiger partial charge in [0.15, 0.2) is 11.5 Å². The van der Waals surface area contributed by atoms with Crippen LogP contribution < -0.4 is 14.8 Å². The number of nitrogens with one attached hydrogen (secondary N) is 1. The van der Waals surface area contributed by atoms with Crippen LogP contribution in [-0.2, 0) is 19.5 Å². The first-order valence-corrected chi connectivity index (χ1v) is 7.35. The summed E-state index contributed by atoms with van der Waals surface area (Å²) in [6.45, 7) is 1.84. The van der Waals surface area contributed by atoms with Crippen LogP contribution in [0.4, 0.5) is 0 Å². The van der Waals surface area contributed by atoms with Crippen molar-refractivity contribution in [2.45, 2.75) is 32.0 Å². The van der Waals surface area contributed by atoms with Gasteiger partial charge < -0.3 is 14.8 Å². The maximum absolute atomic E-state index is 6.19. The number of fused-ring (bicyclic) bond motifs is 2. The number of ether oxygens (including phenoxy) is 2. The van der Waals surface area contributed by atoms with Gasteiger partial charge in [0.25, 0.3) is 0 Å². The third-order valence-electron chi connectivity index (χ3n) is 3.89. The van der Waals surface area contributed by atoms with Gasteiger partial charge in [-0.3, -0.25) is 0 Å². The molecule has 110 valence electrons. The molecule has 7 heteroatoms. The summed E-state index contributed by atoms with van der Waals surface area (Å²) in [6.07, 6.45) is 3.64. The summed E-state index contributed by atoms with van der Waals surface area (Å²) in [4.78, 5) is 4.24. The second-order valence-corrected chi connectivity index (χ2v) is 5.69. The Balaban J connectivity index is 1.43. The molecule has 1 atom stereocenters. The van der Waals surface area contributed by atoms with E-state index in [0.29, 0.717) is 16.8 Å². The number of halogens is 1. The first kappa shape index (κ1) is 12.9. The monoisotopic (exact) mass is 306 g/mol. The van der Waals surface area contributed by atoms with Crippen LogP contribution in [0.25, 0.3) is 0 Å². The SMILES string of the molecule is Clc1cc(CNC2CCc3ncnn3C2)cc2c1OCO2. The van der Waals surface area contributed by atoms with Crippen molar-refractivity contribution in [3.8, 4) is 11.5 Å². The zero-order chi connectivity index (χ0) is 14.2. The van der Waals surface area contributed by atoms with Crippen LogP contribution in [0, 0.1) is 0 Å². The van der Waals surface area contributed by atoms with E-state index in [9.17, 15) is 0 Å². The average Bonchev–Trinajstić information content (AvgIpc) is 3.13. The fourth-order valence-corrected chi connectivity index (χ4v) is 3.08. The maximum atomic E-state index is 6.19. The Hall–Kier alpha value is -1.79. The van der Waals surface area contributed by atoms with E-state index >= 15 is 0 Å². The van der Waals surface area contributed by atoms with Crippen molar-refractivity contribution in [1.82, 2.24) is 20.1 Å². The molecule has 6 nitrogen and oxygen atoms in total. The number of hydrogen-bond donors (Lipinski definition) is 1. The molecule has 4 rings (SSSR count). The molecule has 0 radical (unpaired) electrons. The van der Waals surface area contributed by atoms with Crippen LogP contribution in [0.5, 0.6) is 11.5 Å². The Bertz CT molecular complexity index is 673. The topological polar surface area (TPSA) is 61.2 Å². The molecule has 0 aliphatic carbocycles. The smallest absolute Gasteiger partial charge is 0.231 e. The number of rotatable bonds is 3. The number of benzene rings is 1. The first-order chi connectivity index (χ1) is 10.3. The lowest BCUT2D eigenvalue weighted by molar-refractivity contribution is 0.174. The summed E-state index contributed by atoms with van der Waals surface area (Å²) in [5.74, 6) is 2.44. The summed E-state index contributed by atoms with van der Waals surface area (Å²) in [5.41, 5.74) is 1.09. The van der Waals surface area contributed by atoms with Crippen LogP contribution >= 0.6 is 11.6 Å². The fraction of sp³-hybridized carbons (Fsp3) is 0.429. The minimum Gasteiger partial charge on any atom is -0.454 e. The molecular weight excluding hydrogens is 292 g/mol. The second-order valence-electron chi connectivity index (χ2n) is 5.29. The third-order valence-corrected chi connectivity index (χ3v) is 4.17. The van der Waals surface area contributed by atoms with E-state index in [1.807, 2.05) is 16.8 Å². The van der Waals surface area contributed by atoms with Gasteiger partial charge in [-0.05, 0) is 24.1 Å². The number of nitrogens with zero attached hydrogens (tertiary/aromatic N) is 3. The highest BCUT2D eigenvalue weighted by molar-refractivity contribution is 6.32. The van der Waals surface area contributed by atoms with Crippen molar-refractivity contribution in [3.05, 3.63) is 34.9 Å². The Morgan fingerprint density at radius 1 is 1.38 bits per heavy atom. The fourth-order valence-electron chi connectivity index (χ4n) is 2.79. The Morgan fingerprint density at radius 2 is 2.33 bits per heavy atom. The molecule has 3 heterocycles. The molecule has 1 N–H and O–H groups in total. The summed E-state index contributed by atoms with van der Waals surface area (Å²) >= 11 is 6.19. The molecule has 0 spiro atoms. The lowest BCUT2D eigenvalue weighted by Gasteiger charge is -2.23. The zero-order valence-electron chi connectivity index (χ0n) is 11.4. The van der Waals surface area contributed by atoms with Gasteiger partial charge in [0, 0.05) is 19.0 Å². The van der Waals surface area contributed by atoms with Crippen LogP contribution in [-0.4, -0.2) is 27.6 Å². The van der Waals surface area contributed by atoms with Crippen molar-refractivity contribution in [3.63, 3.8) is 0 Å². The summed E-state index contributed by atoms with van der Waals surface area (Å²) in [7, 11) is 0. The van der Waals surface area contributed by atoms with Crippen LogP contribution in [0.15, 0.2) is 18.5 Å². The normalized spacial score (nSPS) is 19.6.